The zero-order chi connectivity index (χ0) is 13.7. The molecule has 2 fully saturated rings. The largest absolute Gasteiger partial charge is 0.353 e. The van der Waals surface area contributed by atoms with Crippen molar-refractivity contribution in [3.63, 3.8) is 0 Å². The molecular formula is C14H25N3O2. The molecule has 1 atom stereocenters. The van der Waals surface area contributed by atoms with Crippen LogP contribution in [0.2, 0.25) is 0 Å². The molecule has 1 saturated heterocycles. The molecule has 108 valence electrons. The Morgan fingerprint density at radius 3 is 2.63 bits per heavy atom. The van der Waals surface area contributed by atoms with Gasteiger partial charge in [0.2, 0.25) is 11.8 Å². The van der Waals surface area contributed by atoms with E-state index in [0.717, 1.165) is 19.4 Å². The number of piperazine rings is 1. The van der Waals surface area contributed by atoms with Gasteiger partial charge < -0.3 is 10.6 Å². The standard InChI is InChI=1S/C14H25N3O2/c1-17-9-8-15-14(19)12(17)10-13(18)16-11-6-4-2-3-5-7-11/h11-12H,2-10H2,1H3,(H,15,19)(H,16,18). The summed E-state index contributed by atoms with van der Waals surface area (Å²) in [5.74, 6) is -0.00873. The van der Waals surface area contributed by atoms with Crippen LogP contribution in [-0.2, 0) is 9.59 Å². The summed E-state index contributed by atoms with van der Waals surface area (Å²) in [6.45, 7) is 1.49. The van der Waals surface area contributed by atoms with Crippen LogP contribution in [0.15, 0.2) is 0 Å². The minimum Gasteiger partial charge on any atom is -0.353 e. The molecule has 19 heavy (non-hydrogen) atoms. The molecule has 1 saturated carbocycles. The summed E-state index contributed by atoms with van der Waals surface area (Å²) in [7, 11) is 1.91. The Hall–Kier alpha value is -1.10. The highest BCUT2D eigenvalue weighted by Gasteiger charge is 2.29. The van der Waals surface area contributed by atoms with Crippen LogP contribution >= 0.6 is 0 Å². The number of hydrogen-bond acceptors (Lipinski definition) is 3. The quantitative estimate of drug-likeness (QED) is 0.738. The van der Waals surface area contributed by atoms with E-state index >= 15 is 0 Å². The van der Waals surface area contributed by atoms with Gasteiger partial charge in [0.15, 0.2) is 0 Å². The van der Waals surface area contributed by atoms with E-state index in [0.29, 0.717) is 12.6 Å². The summed E-state index contributed by atoms with van der Waals surface area (Å²) in [6, 6.07) is 0.00601. The van der Waals surface area contributed by atoms with Gasteiger partial charge in [0.05, 0.1) is 12.5 Å². The van der Waals surface area contributed by atoms with Crippen LogP contribution in [0.4, 0.5) is 0 Å². The molecule has 5 nitrogen and oxygen atoms in total. The number of nitrogens with zero attached hydrogens (tertiary/aromatic N) is 1. The Bertz CT molecular complexity index is 325. The van der Waals surface area contributed by atoms with Gasteiger partial charge in [-0.25, -0.2) is 0 Å². The van der Waals surface area contributed by atoms with Gasteiger partial charge in [-0.2, -0.15) is 0 Å². The summed E-state index contributed by atoms with van der Waals surface area (Å²) in [5.41, 5.74) is 0. The Kier molecular flexibility index (Phi) is 5.19. The molecule has 0 aromatic rings. The molecule has 0 bridgehead atoms. The van der Waals surface area contributed by atoms with Crippen LogP contribution in [0, 0.1) is 0 Å². The van der Waals surface area contributed by atoms with E-state index in [-0.39, 0.29) is 24.3 Å². The van der Waals surface area contributed by atoms with Crippen molar-refractivity contribution in [1.82, 2.24) is 15.5 Å². The molecule has 1 heterocycles. The highest BCUT2D eigenvalue weighted by atomic mass is 16.2. The number of hydrogen-bond donors (Lipinski definition) is 2. The fourth-order valence-electron chi connectivity index (χ4n) is 2.96. The first-order valence-electron chi connectivity index (χ1n) is 7.44. The SMILES string of the molecule is CN1CCNC(=O)C1CC(=O)NC1CCCCCC1. The van der Waals surface area contributed by atoms with Crippen LogP contribution in [-0.4, -0.2) is 48.9 Å². The molecule has 0 aromatic heterocycles. The molecule has 1 aliphatic carbocycles. The van der Waals surface area contributed by atoms with Crippen molar-refractivity contribution in [2.75, 3.05) is 20.1 Å². The first kappa shape index (κ1) is 14.3. The van der Waals surface area contributed by atoms with Gasteiger partial charge in [0, 0.05) is 19.1 Å². The van der Waals surface area contributed by atoms with E-state index in [9.17, 15) is 9.59 Å². The number of carbonyl (C=O) groups excluding carboxylic acids is 2. The second-order valence-electron chi connectivity index (χ2n) is 5.75. The van der Waals surface area contributed by atoms with E-state index in [1.807, 2.05) is 11.9 Å². The average molecular weight is 267 g/mol. The van der Waals surface area contributed by atoms with Gasteiger partial charge in [-0.05, 0) is 19.9 Å². The lowest BCUT2D eigenvalue weighted by molar-refractivity contribution is -0.133. The van der Waals surface area contributed by atoms with E-state index in [1.54, 1.807) is 0 Å². The third-order valence-corrected chi connectivity index (χ3v) is 4.20. The van der Waals surface area contributed by atoms with E-state index < -0.39 is 0 Å². The average Bonchev–Trinajstić information content (AvgIpc) is 2.63. The van der Waals surface area contributed by atoms with Crippen LogP contribution in [0.5, 0.6) is 0 Å². The number of nitrogens with one attached hydrogen (secondary N) is 2. The van der Waals surface area contributed by atoms with Crippen molar-refractivity contribution in [1.29, 1.82) is 0 Å². The van der Waals surface area contributed by atoms with E-state index in [1.165, 1.54) is 25.7 Å². The normalized spacial score (nSPS) is 26.6. The van der Waals surface area contributed by atoms with Crippen LogP contribution in [0.1, 0.15) is 44.9 Å². The van der Waals surface area contributed by atoms with Gasteiger partial charge >= 0.3 is 0 Å². The summed E-state index contributed by atoms with van der Waals surface area (Å²) in [6.07, 6.45) is 7.40. The van der Waals surface area contributed by atoms with Crippen molar-refractivity contribution < 1.29 is 9.59 Å². The minimum absolute atomic E-state index is 0.0146. The van der Waals surface area contributed by atoms with Crippen LogP contribution < -0.4 is 10.6 Å². The highest BCUT2D eigenvalue weighted by Crippen LogP contribution is 2.17. The van der Waals surface area contributed by atoms with E-state index in [2.05, 4.69) is 10.6 Å². The number of carbonyl (C=O) groups is 2. The third kappa shape index (κ3) is 4.20. The Balaban J connectivity index is 1.80. The first-order valence-corrected chi connectivity index (χ1v) is 7.44. The maximum atomic E-state index is 12.1. The second-order valence-corrected chi connectivity index (χ2v) is 5.75. The zero-order valence-corrected chi connectivity index (χ0v) is 11.8. The summed E-state index contributed by atoms with van der Waals surface area (Å²) in [4.78, 5) is 25.8. The molecular weight excluding hydrogens is 242 g/mol. The Morgan fingerprint density at radius 1 is 1.32 bits per heavy atom. The van der Waals surface area contributed by atoms with Crippen molar-refractivity contribution in [3.05, 3.63) is 0 Å². The fraction of sp³-hybridized carbons (Fsp3) is 0.857. The third-order valence-electron chi connectivity index (χ3n) is 4.20. The molecule has 1 unspecified atom stereocenters. The number of rotatable bonds is 3. The molecule has 2 N–H and O–H groups in total. The van der Waals surface area contributed by atoms with Crippen LogP contribution in [0.3, 0.4) is 0 Å². The lowest BCUT2D eigenvalue weighted by atomic mass is 10.1. The van der Waals surface area contributed by atoms with Gasteiger partial charge in [-0.15, -0.1) is 0 Å². The lowest BCUT2D eigenvalue weighted by Gasteiger charge is -2.31. The maximum absolute atomic E-state index is 12.1. The van der Waals surface area contributed by atoms with Crippen molar-refractivity contribution in [2.24, 2.45) is 0 Å². The van der Waals surface area contributed by atoms with Gasteiger partial charge in [0.25, 0.3) is 0 Å². The summed E-state index contributed by atoms with van der Waals surface area (Å²) in [5, 5.41) is 5.92. The fourth-order valence-corrected chi connectivity index (χ4v) is 2.96. The Morgan fingerprint density at radius 2 is 2.00 bits per heavy atom. The summed E-state index contributed by atoms with van der Waals surface area (Å²) >= 11 is 0. The molecule has 0 aromatic carbocycles. The molecule has 1 aliphatic heterocycles. The van der Waals surface area contributed by atoms with Crippen LogP contribution in [0.25, 0.3) is 0 Å². The monoisotopic (exact) mass is 267 g/mol. The van der Waals surface area contributed by atoms with Gasteiger partial charge in [0.1, 0.15) is 0 Å². The molecule has 2 amide bonds. The number of likely N-dealkylation sites (N-methyl/N-ethyl adjacent to an activating group) is 1. The highest BCUT2D eigenvalue weighted by molar-refractivity contribution is 5.88. The molecule has 2 aliphatic rings. The smallest absolute Gasteiger partial charge is 0.237 e. The van der Waals surface area contributed by atoms with Crippen molar-refractivity contribution in [2.45, 2.75) is 57.0 Å². The molecule has 5 heteroatoms. The number of amides is 2. The topological polar surface area (TPSA) is 61.4 Å². The minimum atomic E-state index is -0.306. The van der Waals surface area contributed by atoms with Crippen molar-refractivity contribution >= 4 is 11.8 Å². The maximum Gasteiger partial charge on any atom is 0.237 e. The Labute approximate surface area is 115 Å². The lowest BCUT2D eigenvalue weighted by Crippen LogP contribution is -2.55. The second kappa shape index (κ2) is 6.89. The predicted molar refractivity (Wildman–Crippen MR) is 73.7 cm³/mol. The molecule has 0 radical (unpaired) electrons. The first-order chi connectivity index (χ1) is 9.16. The van der Waals surface area contributed by atoms with Crippen molar-refractivity contribution in [3.8, 4) is 0 Å². The molecule has 0 spiro atoms. The summed E-state index contributed by atoms with van der Waals surface area (Å²) < 4.78 is 0. The van der Waals surface area contributed by atoms with Gasteiger partial charge in [-0.3, -0.25) is 14.5 Å². The van der Waals surface area contributed by atoms with Gasteiger partial charge in [-0.1, -0.05) is 25.7 Å². The zero-order valence-electron chi connectivity index (χ0n) is 11.8. The molecule has 2 rings (SSSR count). The van der Waals surface area contributed by atoms with E-state index in [4.69, 9.17) is 0 Å². The predicted octanol–water partition coefficient (Wildman–Crippen LogP) is 0.646.